The van der Waals surface area contributed by atoms with Crippen LogP contribution >= 0.6 is 39.0 Å². The van der Waals surface area contributed by atoms with Crippen molar-refractivity contribution in [1.29, 1.82) is 0 Å². The molecular weight excluding hydrogens is 670 g/mol. The number of halogens is 5. The van der Waals surface area contributed by atoms with Crippen LogP contribution in [0.1, 0.15) is 22.3 Å². The highest BCUT2D eigenvalue weighted by Gasteiger charge is 2.38. The molecule has 0 spiro atoms. The fourth-order valence-electron chi connectivity index (χ4n) is 6.07. The topological polar surface area (TPSA) is 0 Å². The average Bonchev–Trinajstić information content (AvgIpc) is 3.08. The molecule has 6 aromatic carbocycles. The number of aryl methyl sites for hydroxylation is 1. The number of benzene rings is 6. The Bertz CT molecular complexity index is 1940. The molecular formula is C40H31Cl2F3P2. The molecule has 0 aliphatic heterocycles. The molecule has 6 aromatic rings. The second kappa shape index (κ2) is 14.0. The molecule has 0 saturated heterocycles. The van der Waals surface area contributed by atoms with E-state index < -0.39 is 27.6 Å². The van der Waals surface area contributed by atoms with Crippen LogP contribution in [0.4, 0.5) is 13.2 Å². The van der Waals surface area contributed by atoms with E-state index in [9.17, 15) is 13.2 Å². The van der Waals surface area contributed by atoms with Crippen molar-refractivity contribution in [3.63, 3.8) is 0 Å². The molecule has 47 heavy (non-hydrogen) atoms. The van der Waals surface area contributed by atoms with Crippen molar-refractivity contribution in [3.8, 4) is 11.1 Å². The average molecular weight is 702 g/mol. The quantitative estimate of drug-likeness (QED) is 0.146. The summed E-state index contributed by atoms with van der Waals surface area (Å²) in [6.07, 6.45) is -4.65. The fourth-order valence-corrected chi connectivity index (χ4v) is 11.6. The molecule has 0 saturated carbocycles. The molecule has 0 nitrogen and oxygen atoms in total. The van der Waals surface area contributed by atoms with Crippen molar-refractivity contribution < 1.29 is 13.2 Å². The number of hydrogen-bond donors (Lipinski definition) is 0. The molecule has 0 fully saturated rings. The first-order valence-corrected chi connectivity index (χ1v) is 18.5. The third kappa shape index (κ3) is 6.65. The van der Waals surface area contributed by atoms with E-state index >= 15 is 0 Å². The van der Waals surface area contributed by atoms with Crippen LogP contribution in [0.3, 0.4) is 0 Å². The van der Waals surface area contributed by atoms with Crippen LogP contribution in [0.5, 0.6) is 0 Å². The predicted molar refractivity (Wildman–Crippen MR) is 199 cm³/mol. The summed E-state index contributed by atoms with van der Waals surface area (Å²) in [5, 5.41) is 6.04. The molecule has 0 heterocycles. The number of alkyl halides is 3. The van der Waals surface area contributed by atoms with Gasteiger partial charge in [0.15, 0.2) is 0 Å². The minimum atomic E-state index is -4.65. The van der Waals surface area contributed by atoms with E-state index in [0.717, 1.165) is 43.2 Å². The summed E-state index contributed by atoms with van der Waals surface area (Å²) in [7, 11) is -2.59. The third-order valence-corrected chi connectivity index (χ3v) is 14.2. The van der Waals surface area contributed by atoms with Crippen molar-refractivity contribution >= 4 is 70.9 Å². The minimum Gasteiger partial charge on any atom is -0.166 e. The summed E-state index contributed by atoms with van der Waals surface area (Å²) in [6.45, 7) is 5.67. The molecule has 6 rings (SSSR count). The number of hydrogen-bond acceptors (Lipinski definition) is 0. The van der Waals surface area contributed by atoms with E-state index in [2.05, 4.69) is 30.3 Å². The lowest BCUT2D eigenvalue weighted by Crippen LogP contribution is -2.28. The highest BCUT2D eigenvalue weighted by atomic mass is 35.5. The first-order valence-electron chi connectivity index (χ1n) is 15.1. The zero-order valence-corrected chi connectivity index (χ0v) is 29.3. The largest absolute Gasteiger partial charge is 0.417 e. The molecule has 0 unspecified atom stereocenters. The molecule has 0 N–H and O–H groups in total. The summed E-state index contributed by atoms with van der Waals surface area (Å²) in [6, 6.07) is 43.6. The van der Waals surface area contributed by atoms with E-state index in [1.807, 2.05) is 111 Å². The normalized spacial score (nSPS) is 11.8. The lowest BCUT2D eigenvalue weighted by Gasteiger charge is -2.30. The Kier molecular flexibility index (Phi) is 9.93. The Balaban J connectivity index is 1.79. The van der Waals surface area contributed by atoms with Crippen LogP contribution in [0.2, 0.25) is 10.0 Å². The predicted octanol–water partition coefficient (Wildman–Crippen LogP) is 10.1. The van der Waals surface area contributed by atoms with Crippen molar-refractivity contribution in [2.24, 2.45) is 0 Å². The van der Waals surface area contributed by atoms with E-state index in [1.165, 1.54) is 6.07 Å². The van der Waals surface area contributed by atoms with Gasteiger partial charge in [-0.05, 0) is 108 Å². The summed E-state index contributed by atoms with van der Waals surface area (Å²) in [5.41, 5.74) is 2.82. The monoisotopic (exact) mass is 700 g/mol. The second-order valence-corrected chi connectivity index (χ2v) is 16.4. The zero-order chi connectivity index (χ0) is 33.3. The summed E-state index contributed by atoms with van der Waals surface area (Å²) < 4.78 is 44.3. The van der Waals surface area contributed by atoms with Gasteiger partial charge in [-0.15, -0.1) is 0 Å². The SMILES string of the molecule is Cc1cc(P(c2ccccc2)c2ccccc2)c(-c2c(P(c3ccccc3)c3ccccc3)cc(C(F)(F)F)c(Cl)c2C)c(C)c1Cl. The lowest BCUT2D eigenvalue weighted by atomic mass is 9.93. The first-order chi connectivity index (χ1) is 22.6. The maximum Gasteiger partial charge on any atom is 0.417 e. The summed E-state index contributed by atoms with van der Waals surface area (Å²) in [4.78, 5) is 0. The maximum atomic E-state index is 14.8. The highest BCUT2D eigenvalue weighted by Crippen LogP contribution is 2.48. The fraction of sp³-hybridized carbons (Fsp3) is 0.100. The van der Waals surface area contributed by atoms with Gasteiger partial charge in [-0.25, -0.2) is 0 Å². The summed E-state index contributed by atoms with van der Waals surface area (Å²) in [5.74, 6) is 0. The van der Waals surface area contributed by atoms with Gasteiger partial charge >= 0.3 is 6.18 Å². The Hall–Kier alpha value is -3.45. The van der Waals surface area contributed by atoms with Crippen LogP contribution in [-0.2, 0) is 6.18 Å². The third-order valence-electron chi connectivity index (χ3n) is 8.23. The van der Waals surface area contributed by atoms with Gasteiger partial charge in [0.25, 0.3) is 0 Å². The van der Waals surface area contributed by atoms with E-state index in [1.54, 1.807) is 6.92 Å². The second-order valence-electron chi connectivity index (χ2n) is 11.3. The first kappa shape index (κ1) is 33.5. The van der Waals surface area contributed by atoms with Gasteiger partial charge in [0.05, 0.1) is 10.6 Å². The standard InChI is InChI=1S/C40H31Cl2F3P2/c1-26-24-34(46(29-16-8-4-9-17-29)30-18-10-5-11-19-30)36(27(2)38(26)41)37-28(3)39(42)33(40(43,44)45)25-35(37)47(31-20-12-6-13-21-31)32-22-14-7-15-23-32/h4-25H,1-3H3. The molecule has 0 aromatic heterocycles. The molecule has 0 aliphatic rings. The Morgan fingerprint density at radius 1 is 0.468 bits per heavy atom. The maximum absolute atomic E-state index is 14.8. The molecule has 0 radical (unpaired) electrons. The number of rotatable bonds is 7. The van der Waals surface area contributed by atoms with Crippen LogP contribution < -0.4 is 31.8 Å². The lowest BCUT2D eigenvalue weighted by molar-refractivity contribution is -0.137. The smallest absolute Gasteiger partial charge is 0.166 e. The van der Waals surface area contributed by atoms with Crippen LogP contribution in [0.15, 0.2) is 133 Å². The van der Waals surface area contributed by atoms with E-state index in [0.29, 0.717) is 21.5 Å². The summed E-state index contributed by atoms with van der Waals surface area (Å²) >= 11 is 13.8. The van der Waals surface area contributed by atoms with E-state index in [-0.39, 0.29) is 5.02 Å². The van der Waals surface area contributed by atoms with Gasteiger partial charge in [-0.2, -0.15) is 13.2 Å². The van der Waals surface area contributed by atoms with Crippen LogP contribution in [-0.4, -0.2) is 0 Å². The highest BCUT2D eigenvalue weighted by molar-refractivity contribution is 7.80. The van der Waals surface area contributed by atoms with Gasteiger partial charge in [0.2, 0.25) is 0 Å². The van der Waals surface area contributed by atoms with Crippen molar-refractivity contribution in [2.75, 3.05) is 0 Å². The van der Waals surface area contributed by atoms with E-state index in [4.69, 9.17) is 23.2 Å². The van der Waals surface area contributed by atoms with Crippen molar-refractivity contribution in [3.05, 3.63) is 166 Å². The zero-order valence-electron chi connectivity index (χ0n) is 26.0. The van der Waals surface area contributed by atoms with Crippen molar-refractivity contribution in [1.82, 2.24) is 0 Å². The van der Waals surface area contributed by atoms with Gasteiger partial charge in [-0.1, -0.05) is 145 Å². The molecule has 0 bridgehead atoms. The molecule has 236 valence electrons. The van der Waals surface area contributed by atoms with Crippen molar-refractivity contribution in [2.45, 2.75) is 26.9 Å². The van der Waals surface area contributed by atoms with Gasteiger partial charge in [0.1, 0.15) is 0 Å². The van der Waals surface area contributed by atoms with Gasteiger partial charge < -0.3 is 0 Å². The Morgan fingerprint density at radius 2 is 0.787 bits per heavy atom. The van der Waals surface area contributed by atoms with Crippen LogP contribution in [0.25, 0.3) is 11.1 Å². The molecule has 0 atom stereocenters. The molecule has 0 aliphatic carbocycles. The molecule has 7 heteroatoms. The minimum absolute atomic E-state index is 0.293. The van der Waals surface area contributed by atoms with Crippen LogP contribution in [0, 0.1) is 20.8 Å². The molecule has 0 amide bonds. The Labute approximate surface area is 286 Å². The van der Waals surface area contributed by atoms with Gasteiger partial charge in [0, 0.05) is 5.02 Å². The van der Waals surface area contributed by atoms with Gasteiger partial charge in [-0.3, -0.25) is 0 Å². The Morgan fingerprint density at radius 3 is 1.13 bits per heavy atom.